The first-order chi connectivity index (χ1) is 15.5. The Hall–Kier alpha value is -3.43. The van der Waals surface area contributed by atoms with E-state index in [4.69, 9.17) is 10.5 Å². The lowest BCUT2D eigenvalue weighted by Crippen LogP contribution is -2.51. The number of hydrogen-bond donors (Lipinski definition) is 4. The highest BCUT2D eigenvalue weighted by atomic mass is 19.1. The summed E-state index contributed by atoms with van der Waals surface area (Å²) in [5.74, 6) is -0.183. The summed E-state index contributed by atoms with van der Waals surface area (Å²) in [6.07, 6.45) is 0.107. The van der Waals surface area contributed by atoms with Crippen LogP contribution in [0.4, 0.5) is 15.8 Å². The van der Waals surface area contributed by atoms with Crippen LogP contribution in [0, 0.1) is 5.82 Å². The van der Waals surface area contributed by atoms with Gasteiger partial charge in [0.15, 0.2) is 0 Å². The molecule has 1 saturated heterocycles. The molecule has 0 radical (unpaired) electrons. The first kappa shape index (κ1) is 20.5. The molecule has 0 unspecified atom stereocenters. The zero-order valence-corrected chi connectivity index (χ0v) is 17.9. The van der Waals surface area contributed by atoms with Gasteiger partial charge in [-0.2, -0.15) is 0 Å². The fraction of sp³-hybridized carbons (Fsp3) is 0.304. The van der Waals surface area contributed by atoms with Gasteiger partial charge in [-0.15, -0.1) is 0 Å². The van der Waals surface area contributed by atoms with Crippen molar-refractivity contribution in [1.82, 2.24) is 20.3 Å². The van der Waals surface area contributed by atoms with Gasteiger partial charge < -0.3 is 30.7 Å². The van der Waals surface area contributed by atoms with Gasteiger partial charge in [0.05, 0.1) is 40.3 Å². The molecule has 0 bridgehead atoms. The topological polar surface area (TPSA) is 112 Å². The maximum atomic E-state index is 14.4. The maximum absolute atomic E-state index is 14.4. The molecule has 0 aliphatic carbocycles. The molecular weight excluding hydrogens is 411 g/mol. The van der Waals surface area contributed by atoms with Crippen LogP contribution in [0.5, 0.6) is 0 Å². The Morgan fingerprint density at radius 2 is 2.12 bits per heavy atom. The molecular formula is C23H25FN6O2. The molecule has 2 atom stereocenters. The second kappa shape index (κ2) is 7.92. The third kappa shape index (κ3) is 3.39. The quantitative estimate of drug-likeness (QED) is 0.391. The van der Waals surface area contributed by atoms with Gasteiger partial charge in [0, 0.05) is 24.8 Å². The molecule has 1 fully saturated rings. The van der Waals surface area contributed by atoms with Crippen LogP contribution >= 0.6 is 0 Å². The number of ether oxygens (including phenoxy) is 1. The number of nitrogens with one attached hydrogen (secondary N) is 3. The molecule has 5 rings (SSSR count). The van der Waals surface area contributed by atoms with Gasteiger partial charge in [-0.1, -0.05) is 6.07 Å². The van der Waals surface area contributed by atoms with Crippen molar-refractivity contribution in [3.8, 4) is 11.4 Å². The molecule has 32 heavy (non-hydrogen) atoms. The smallest absolute Gasteiger partial charge is 0.261 e. The Morgan fingerprint density at radius 1 is 1.28 bits per heavy atom. The summed E-state index contributed by atoms with van der Waals surface area (Å²) < 4.78 is 20.3. The van der Waals surface area contributed by atoms with Crippen molar-refractivity contribution < 1.29 is 9.13 Å². The maximum Gasteiger partial charge on any atom is 0.261 e. The van der Waals surface area contributed by atoms with Crippen molar-refractivity contribution in [2.24, 2.45) is 0 Å². The lowest BCUT2D eigenvalue weighted by atomic mass is 10.1. The number of anilines is 2. The molecule has 8 nitrogen and oxygen atoms in total. The Labute approximate surface area is 183 Å². The highest BCUT2D eigenvalue weighted by Gasteiger charge is 2.26. The molecule has 166 valence electrons. The monoisotopic (exact) mass is 436 g/mol. The Bertz CT molecular complexity index is 1360. The van der Waals surface area contributed by atoms with Crippen LogP contribution in [0.15, 0.2) is 41.2 Å². The molecule has 0 saturated carbocycles. The van der Waals surface area contributed by atoms with E-state index in [-0.39, 0.29) is 28.8 Å². The van der Waals surface area contributed by atoms with Crippen molar-refractivity contribution in [2.45, 2.75) is 19.1 Å². The number of aromatic amines is 2. The number of nitrogens with two attached hydrogens (primary N) is 1. The highest BCUT2D eigenvalue weighted by molar-refractivity contribution is 5.98. The number of H-pyrrole nitrogens is 2. The molecule has 9 heteroatoms. The standard InChI is InChI=1S/C23H25FN6O2/c1-12-11-32-14(9-26-2)10-30(12)13-6-7-16-18(8-13)28-22(27-16)20-21(25)19-15(24)4-3-5-17(19)29-23(20)31/h3-8,12,14,26H,9-11H2,1-2H3,(H,27,28)(H3,25,29,31)/t12-,14-/m0/s1. The summed E-state index contributed by atoms with van der Waals surface area (Å²) >= 11 is 0. The molecule has 4 aromatic rings. The van der Waals surface area contributed by atoms with Crippen molar-refractivity contribution in [2.75, 3.05) is 37.4 Å². The summed E-state index contributed by atoms with van der Waals surface area (Å²) in [5.41, 5.74) is 8.88. The van der Waals surface area contributed by atoms with Gasteiger partial charge >= 0.3 is 0 Å². The number of rotatable bonds is 4. The Morgan fingerprint density at radius 3 is 2.94 bits per heavy atom. The third-order valence-corrected chi connectivity index (χ3v) is 6.00. The van der Waals surface area contributed by atoms with Crippen LogP contribution < -0.4 is 21.5 Å². The number of morpholine rings is 1. The van der Waals surface area contributed by atoms with Gasteiger partial charge in [-0.25, -0.2) is 9.37 Å². The summed E-state index contributed by atoms with van der Waals surface area (Å²) in [5, 5.41) is 3.35. The van der Waals surface area contributed by atoms with Crippen molar-refractivity contribution in [3.05, 3.63) is 52.6 Å². The van der Waals surface area contributed by atoms with Gasteiger partial charge in [-0.05, 0) is 44.3 Å². The first-order valence-electron chi connectivity index (χ1n) is 10.6. The van der Waals surface area contributed by atoms with E-state index in [1.54, 1.807) is 6.07 Å². The summed E-state index contributed by atoms with van der Waals surface area (Å²) in [6.45, 7) is 4.32. The number of hydrogen-bond acceptors (Lipinski definition) is 6. The van der Waals surface area contributed by atoms with Crippen LogP contribution in [-0.4, -0.2) is 53.8 Å². The van der Waals surface area contributed by atoms with E-state index in [9.17, 15) is 9.18 Å². The third-order valence-electron chi connectivity index (χ3n) is 6.00. The molecule has 0 spiro atoms. The number of likely N-dealkylation sites (N-methyl/N-ethyl adjacent to an activating group) is 1. The number of pyridine rings is 1. The minimum Gasteiger partial charge on any atom is -0.397 e. The van der Waals surface area contributed by atoms with E-state index >= 15 is 0 Å². The molecule has 1 aliphatic rings. The minimum atomic E-state index is -0.492. The van der Waals surface area contributed by atoms with Crippen LogP contribution in [0.25, 0.3) is 33.3 Å². The van der Waals surface area contributed by atoms with Crippen LogP contribution in [-0.2, 0) is 4.74 Å². The zero-order chi connectivity index (χ0) is 22.4. The Balaban J connectivity index is 1.57. The number of nitrogens with zero attached hydrogens (tertiary/aromatic N) is 2. The van der Waals surface area contributed by atoms with E-state index in [1.807, 2.05) is 25.2 Å². The largest absolute Gasteiger partial charge is 0.397 e. The number of aromatic nitrogens is 3. The molecule has 2 aromatic carbocycles. The molecule has 3 heterocycles. The summed E-state index contributed by atoms with van der Waals surface area (Å²) in [7, 11) is 1.91. The first-order valence-corrected chi connectivity index (χ1v) is 10.6. The van der Waals surface area contributed by atoms with Crippen molar-refractivity contribution in [1.29, 1.82) is 0 Å². The molecule has 0 amide bonds. The van der Waals surface area contributed by atoms with E-state index < -0.39 is 11.4 Å². The van der Waals surface area contributed by atoms with Crippen LogP contribution in [0.1, 0.15) is 6.92 Å². The fourth-order valence-electron chi connectivity index (χ4n) is 4.39. The van der Waals surface area contributed by atoms with Crippen molar-refractivity contribution in [3.63, 3.8) is 0 Å². The van der Waals surface area contributed by atoms with Gasteiger partial charge in [-0.3, -0.25) is 4.79 Å². The van der Waals surface area contributed by atoms with E-state index in [0.29, 0.717) is 23.5 Å². The summed E-state index contributed by atoms with van der Waals surface area (Å²) in [6, 6.07) is 10.6. The van der Waals surface area contributed by atoms with Crippen LogP contribution in [0.2, 0.25) is 0 Å². The lowest BCUT2D eigenvalue weighted by Gasteiger charge is -2.39. The number of benzene rings is 2. The second-order valence-corrected chi connectivity index (χ2v) is 8.21. The predicted molar refractivity (Wildman–Crippen MR) is 125 cm³/mol. The van der Waals surface area contributed by atoms with E-state index in [1.165, 1.54) is 12.1 Å². The second-order valence-electron chi connectivity index (χ2n) is 8.21. The molecule has 1 aliphatic heterocycles. The predicted octanol–water partition coefficient (Wildman–Crippen LogP) is 2.61. The number of fused-ring (bicyclic) bond motifs is 2. The minimum absolute atomic E-state index is 0.0674. The fourth-order valence-corrected chi connectivity index (χ4v) is 4.39. The summed E-state index contributed by atoms with van der Waals surface area (Å²) in [4.78, 5) is 25.5. The number of halogens is 1. The normalized spacial score (nSPS) is 19.2. The van der Waals surface area contributed by atoms with Crippen molar-refractivity contribution >= 4 is 33.3 Å². The number of nitrogen functional groups attached to an aromatic ring is 1. The SMILES string of the molecule is CNC[C@H]1CN(c2ccc3nc(-c4c(N)c5c(F)cccc5[nH]c4=O)[nH]c3c2)[C@@H](C)CO1. The van der Waals surface area contributed by atoms with Crippen LogP contribution in [0.3, 0.4) is 0 Å². The lowest BCUT2D eigenvalue weighted by molar-refractivity contribution is 0.0243. The number of imidazole rings is 1. The zero-order valence-electron chi connectivity index (χ0n) is 17.9. The van der Waals surface area contributed by atoms with Gasteiger partial charge in [0.1, 0.15) is 17.2 Å². The van der Waals surface area contributed by atoms with Gasteiger partial charge in [0.2, 0.25) is 0 Å². The average molecular weight is 436 g/mol. The molecule has 2 aromatic heterocycles. The average Bonchev–Trinajstić information content (AvgIpc) is 3.17. The van der Waals surface area contributed by atoms with E-state index in [0.717, 1.165) is 24.3 Å². The van der Waals surface area contributed by atoms with Gasteiger partial charge in [0.25, 0.3) is 5.56 Å². The Kier molecular flexibility index (Phi) is 5.07. The highest BCUT2D eigenvalue weighted by Crippen LogP contribution is 2.31. The molecule has 5 N–H and O–H groups in total. The van der Waals surface area contributed by atoms with E-state index in [2.05, 4.69) is 32.1 Å².